The van der Waals surface area contributed by atoms with E-state index in [0.29, 0.717) is 11.3 Å². The van der Waals surface area contributed by atoms with Crippen molar-refractivity contribution in [3.05, 3.63) is 48.0 Å². The molecule has 0 unspecified atom stereocenters. The number of carbonyl (C=O) groups is 2. The molecule has 1 aliphatic rings. The van der Waals surface area contributed by atoms with Gasteiger partial charge in [-0.1, -0.05) is 25.0 Å². The quantitative estimate of drug-likeness (QED) is 0.580. The van der Waals surface area contributed by atoms with Gasteiger partial charge in [0.25, 0.3) is 0 Å². The Hall–Kier alpha value is -2.94. The molecule has 3 rings (SSSR count). The topological polar surface area (TPSA) is 108 Å². The molecule has 1 aliphatic carbocycles. The van der Waals surface area contributed by atoms with Crippen LogP contribution in [-0.4, -0.2) is 39.4 Å². The SMILES string of the molecule is O=C(Cn1cc(NC(=O)NC[C@@H](O)c2ccc(F)cc2)cn1)NC1CCCC1. The summed E-state index contributed by atoms with van der Waals surface area (Å²) in [6.07, 6.45) is 6.37. The minimum absolute atomic E-state index is 0.0323. The number of urea groups is 1. The number of amides is 3. The number of hydrogen-bond donors (Lipinski definition) is 4. The fourth-order valence-corrected chi connectivity index (χ4v) is 3.17. The average Bonchev–Trinajstić information content (AvgIpc) is 3.32. The van der Waals surface area contributed by atoms with Crippen LogP contribution in [0.4, 0.5) is 14.9 Å². The van der Waals surface area contributed by atoms with Gasteiger partial charge in [0.05, 0.1) is 18.0 Å². The van der Waals surface area contributed by atoms with Crippen molar-refractivity contribution in [3.8, 4) is 0 Å². The Balaban J connectivity index is 1.41. The van der Waals surface area contributed by atoms with Gasteiger partial charge < -0.3 is 21.1 Å². The fourth-order valence-electron chi connectivity index (χ4n) is 3.17. The van der Waals surface area contributed by atoms with Crippen molar-refractivity contribution in [1.29, 1.82) is 0 Å². The van der Waals surface area contributed by atoms with E-state index in [0.717, 1.165) is 25.7 Å². The van der Waals surface area contributed by atoms with Gasteiger partial charge in [-0.2, -0.15) is 5.10 Å². The summed E-state index contributed by atoms with van der Waals surface area (Å²) in [4.78, 5) is 24.0. The molecule has 9 heteroatoms. The first-order chi connectivity index (χ1) is 13.5. The molecule has 0 radical (unpaired) electrons. The van der Waals surface area contributed by atoms with Crippen LogP contribution in [0.15, 0.2) is 36.7 Å². The van der Waals surface area contributed by atoms with Crippen LogP contribution in [0.5, 0.6) is 0 Å². The summed E-state index contributed by atoms with van der Waals surface area (Å²) < 4.78 is 14.3. The third-order valence-electron chi connectivity index (χ3n) is 4.63. The second-order valence-corrected chi connectivity index (χ2v) is 6.88. The van der Waals surface area contributed by atoms with Crippen LogP contribution in [0.1, 0.15) is 37.4 Å². The van der Waals surface area contributed by atoms with Crippen molar-refractivity contribution in [3.63, 3.8) is 0 Å². The van der Waals surface area contributed by atoms with Gasteiger partial charge in [0.1, 0.15) is 12.4 Å². The number of hydrogen-bond acceptors (Lipinski definition) is 4. The summed E-state index contributed by atoms with van der Waals surface area (Å²) in [6.45, 7) is 0.0540. The number of rotatable bonds is 7. The minimum atomic E-state index is -0.951. The van der Waals surface area contributed by atoms with Crippen molar-refractivity contribution in [1.82, 2.24) is 20.4 Å². The highest BCUT2D eigenvalue weighted by Gasteiger charge is 2.17. The van der Waals surface area contributed by atoms with E-state index in [4.69, 9.17) is 0 Å². The van der Waals surface area contributed by atoms with Crippen LogP contribution in [-0.2, 0) is 11.3 Å². The summed E-state index contributed by atoms with van der Waals surface area (Å²) in [5.41, 5.74) is 0.935. The van der Waals surface area contributed by atoms with Crippen LogP contribution in [0.25, 0.3) is 0 Å². The molecule has 1 aromatic carbocycles. The Labute approximate surface area is 162 Å². The van der Waals surface area contributed by atoms with Crippen LogP contribution in [0.3, 0.4) is 0 Å². The number of aliphatic hydroxyl groups excluding tert-OH is 1. The van der Waals surface area contributed by atoms with Gasteiger partial charge in [0.2, 0.25) is 5.91 Å². The highest BCUT2D eigenvalue weighted by atomic mass is 19.1. The summed E-state index contributed by atoms with van der Waals surface area (Å²) in [5, 5.41) is 22.2. The van der Waals surface area contributed by atoms with E-state index >= 15 is 0 Å². The lowest BCUT2D eigenvalue weighted by atomic mass is 10.1. The largest absolute Gasteiger partial charge is 0.387 e. The molecule has 2 aromatic rings. The Bertz CT molecular complexity index is 802. The average molecular weight is 389 g/mol. The molecule has 1 heterocycles. The molecule has 1 saturated carbocycles. The first kappa shape index (κ1) is 19.8. The Morgan fingerprint density at radius 2 is 1.96 bits per heavy atom. The Morgan fingerprint density at radius 3 is 2.68 bits per heavy atom. The maximum atomic E-state index is 12.9. The maximum Gasteiger partial charge on any atom is 0.319 e. The number of anilines is 1. The summed E-state index contributed by atoms with van der Waals surface area (Å²) in [7, 11) is 0. The standard InChI is InChI=1S/C19H24FN5O3/c20-14-7-5-13(6-8-14)17(26)10-21-19(28)24-16-9-22-25(11-16)12-18(27)23-15-3-1-2-4-15/h5-9,11,15,17,26H,1-4,10,12H2,(H,23,27)(H2,21,24,28)/t17-/m1/s1. The van der Waals surface area contributed by atoms with Gasteiger partial charge in [0, 0.05) is 18.8 Å². The van der Waals surface area contributed by atoms with E-state index < -0.39 is 18.0 Å². The summed E-state index contributed by atoms with van der Waals surface area (Å²) in [6, 6.07) is 5.14. The maximum absolute atomic E-state index is 12.9. The van der Waals surface area contributed by atoms with Gasteiger partial charge >= 0.3 is 6.03 Å². The minimum Gasteiger partial charge on any atom is -0.387 e. The van der Waals surface area contributed by atoms with Crippen molar-refractivity contribution in [2.24, 2.45) is 0 Å². The molecule has 1 aromatic heterocycles. The Kier molecular flexibility index (Phi) is 6.59. The molecule has 3 amide bonds. The van der Waals surface area contributed by atoms with E-state index in [2.05, 4.69) is 21.0 Å². The molecule has 150 valence electrons. The summed E-state index contributed by atoms with van der Waals surface area (Å²) in [5.74, 6) is -0.496. The van der Waals surface area contributed by atoms with Crippen molar-refractivity contribution >= 4 is 17.6 Å². The molecule has 28 heavy (non-hydrogen) atoms. The summed E-state index contributed by atoms with van der Waals surface area (Å²) >= 11 is 0. The molecular weight excluding hydrogens is 365 g/mol. The van der Waals surface area contributed by atoms with E-state index in [-0.39, 0.29) is 25.0 Å². The highest BCUT2D eigenvalue weighted by molar-refractivity contribution is 5.89. The third-order valence-corrected chi connectivity index (χ3v) is 4.63. The molecule has 0 saturated heterocycles. The molecular formula is C19H24FN5O3. The zero-order valence-electron chi connectivity index (χ0n) is 15.4. The van der Waals surface area contributed by atoms with Crippen molar-refractivity contribution in [2.45, 2.75) is 44.4 Å². The molecule has 0 spiro atoms. The number of aliphatic hydroxyl groups is 1. The zero-order chi connectivity index (χ0) is 19.9. The lowest BCUT2D eigenvalue weighted by Crippen LogP contribution is -2.35. The molecule has 0 bridgehead atoms. The van der Waals surface area contributed by atoms with Crippen molar-refractivity contribution < 1.29 is 19.1 Å². The number of benzene rings is 1. The van der Waals surface area contributed by atoms with Crippen LogP contribution in [0.2, 0.25) is 0 Å². The predicted molar refractivity (Wildman–Crippen MR) is 101 cm³/mol. The predicted octanol–water partition coefficient (Wildman–Crippen LogP) is 1.94. The fraction of sp³-hybridized carbons (Fsp3) is 0.421. The third kappa shape index (κ3) is 5.78. The zero-order valence-corrected chi connectivity index (χ0v) is 15.4. The van der Waals surface area contributed by atoms with Crippen molar-refractivity contribution in [2.75, 3.05) is 11.9 Å². The molecule has 8 nitrogen and oxygen atoms in total. The van der Waals surface area contributed by atoms with Gasteiger partial charge in [-0.05, 0) is 30.5 Å². The first-order valence-corrected chi connectivity index (χ1v) is 9.30. The van der Waals surface area contributed by atoms with E-state index in [1.807, 2.05) is 0 Å². The smallest absolute Gasteiger partial charge is 0.319 e. The second kappa shape index (κ2) is 9.32. The first-order valence-electron chi connectivity index (χ1n) is 9.30. The van der Waals surface area contributed by atoms with Gasteiger partial charge in [-0.15, -0.1) is 0 Å². The second-order valence-electron chi connectivity index (χ2n) is 6.88. The monoisotopic (exact) mass is 389 g/mol. The van der Waals surface area contributed by atoms with Gasteiger partial charge in [-0.25, -0.2) is 9.18 Å². The molecule has 4 N–H and O–H groups in total. The number of nitrogens with one attached hydrogen (secondary N) is 3. The van der Waals surface area contributed by atoms with Gasteiger partial charge in [0.15, 0.2) is 0 Å². The van der Waals surface area contributed by atoms with Crippen LogP contribution in [0, 0.1) is 5.82 Å². The number of halogens is 1. The lowest BCUT2D eigenvalue weighted by Gasteiger charge is -2.12. The highest BCUT2D eigenvalue weighted by Crippen LogP contribution is 2.17. The normalized spacial score (nSPS) is 15.2. The number of carbonyl (C=O) groups excluding carboxylic acids is 2. The molecule has 1 fully saturated rings. The van der Waals surface area contributed by atoms with Crippen LogP contribution >= 0.6 is 0 Å². The lowest BCUT2D eigenvalue weighted by molar-refractivity contribution is -0.122. The van der Waals surface area contributed by atoms with E-state index in [9.17, 15) is 19.1 Å². The van der Waals surface area contributed by atoms with Crippen LogP contribution < -0.4 is 16.0 Å². The van der Waals surface area contributed by atoms with E-state index in [1.165, 1.54) is 35.1 Å². The Morgan fingerprint density at radius 1 is 1.25 bits per heavy atom. The van der Waals surface area contributed by atoms with E-state index in [1.54, 1.807) is 6.20 Å². The number of aromatic nitrogens is 2. The molecule has 1 atom stereocenters. The molecule has 0 aliphatic heterocycles. The number of nitrogens with zero attached hydrogens (tertiary/aromatic N) is 2. The van der Waals surface area contributed by atoms with Gasteiger partial charge in [-0.3, -0.25) is 9.48 Å².